The van der Waals surface area contributed by atoms with E-state index in [-0.39, 0.29) is 25.2 Å². The SMILES string of the molecule is O=C(OCCO)c1ccc(CCCN2C(=O)C[C@@H]2COc2ccccc2)s1. The molecule has 1 amide bonds. The number of nitrogens with zero attached hydrogens (tertiary/aromatic N) is 1. The molecule has 7 heteroatoms. The van der Waals surface area contributed by atoms with Crippen LogP contribution < -0.4 is 4.74 Å². The normalized spacial score (nSPS) is 16.1. The number of hydrogen-bond donors (Lipinski definition) is 1. The molecule has 0 bridgehead atoms. The molecule has 6 nitrogen and oxygen atoms in total. The van der Waals surface area contributed by atoms with Crippen molar-refractivity contribution in [2.24, 2.45) is 0 Å². The number of carbonyl (C=O) groups excluding carboxylic acids is 2. The van der Waals surface area contributed by atoms with Gasteiger partial charge in [-0.3, -0.25) is 4.79 Å². The Morgan fingerprint density at radius 3 is 2.78 bits per heavy atom. The molecule has 1 fully saturated rings. The first-order chi connectivity index (χ1) is 13.2. The van der Waals surface area contributed by atoms with Crippen molar-refractivity contribution in [1.29, 1.82) is 0 Å². The van der Waals surface area contributed by atoms with Gasteiger partial charge in [-0.05, 0) is 37.1 Å². The molecule has 0 aliphatic carbocycles. The second kappa shape index (κ2) is 9.53. The van der Waals surface area contributed by atoms with Crippen LogP contribution in [-0.2, 0) is 16.0 Å². The van der Waals surface area contributed by atoms with Gasteiger partial charge in [-0.25, -0.2) is 4.79 Å². The van der Waals surface area contributed by atoms with Gasteiger partial charge in [0.1, 0.15) is 23.8 Å². The number of carbonyl (C=O) groups is 2. The van der Waals surface area contributed by atoms with Gasteiger partial charge in [0.15, 0.2) is 0 Å². The number of thiophene rings is 1. The average molecular weight is 389 g/mol. The van der Waals surface area contributed by atoms with Crippen LogP contribution in [0.25, 0.3) is 0 Å². The highest BCUT2D eigenvalue weighted by molar-refractivity contribution is 7.13. The molecule has 1 saturated heterocycles. The molecule has 144 valence electrons. The van der Waals surface area contributed by atoms with Gasteiger partial charge in [0, 0.05) is 11.4 Å². The predicted octanol–water partition coefficient (Wildman–Crippen LogP) is 2.51. The number of likely N-dealkylation sites (tertiary alicyclic amines) is 1. The van der Waals surface area contributed by atoms with Crippen molar-refractivity contribution >= 4 is 23.2 Å². The van der Waals surface area contributed by atoms with Crippen LogP contribution in [0.2, 0.25) is 0 Å². The Bertz CT molecular complexity index is 761. The van der Waals surface area contributed by atoms with Crippen molar-refractivity contribution in [3.8, 4) is 5.75 Å². The molecule has 1 N–H and O–H groups in total. The van der Waals surface area contributed by atoms with Crippen molar-refractivity contribution in [2.45, 2.75) is 25.3 Å². The molecule has 1 aromatic carbocycles. The molecule has 1 aliphatic heterocycles. The molecule has 0 radical (unpaired) electrons. The summed E-state index contributed by atoms with van der Waals surface area (Å²) >= 11 is 1.39. The lowest BCUT2D eigenvalue weighted by Gasteiger charge is -2.40. The number of hydrogen-bond acceptors (Lipinski definition) is 6. The standard InChI is InChI=1S/C20H23NO5S/c22-11-12-25-20(24)18-9-8-17(27-18)7-4-10-21-15(13-19(21)23)14-26-16-5-2-1-3-6-16/h1-3,5-6,8-9,15,22H,4,7,10-14H2/t15-/m1/s1. The summed E-state index contributed by atoms with van der Waals surface area (Å²) in [7, 11) is 0. The van der Waals surface area contributed by atoms with E-state index in [9.17, 15) is 9.59 Å². The summed E-state index contributed by atoms with van der Waals surface area (Å²) < 4.78 is 10.7. The van der Waals surface area contributed by atoms with Gasteiger partial charge in [0.05, 0.1) is 19.1 Å². The van der Waals surface area contributed by atoms with E-state index < -0.39 is 5.97 Å². The summed E-state index contributed by atoms with van der Waals surface area (Å²) in [4.78, 5) is 27.1. The van der Waals surface area contributed by atoms with Crippen LogP contribution in [0.15, 0.2) is 42.5 Å². The summed E-state index contributed by atoms with van der Waals surface area (Å²) in [5, 5.41) is 8.70. The Labute approximate surface area is 162 Å². The fourth-order valence-electron chi connectivity index (χ4n) is 2.94. The second-order valence-corrected chi connectivity index (χ2v) is 7.47. The van der Waals surface area contributed by atoms with E-state index in [1.807, 2.05) is 41.3 Å². The maximum absolute atomic E-state index is 11.9. The lowest BCUT2D eigenvalue weighted by Crippen LogP contribution is -2.55. The lowest BCUT2D eigenvalue weighted by atomic mass is 10.0. The van der Waals surface area contributed by atoms with Gasteiger partial charge < -0.3 is 19.5 Å². The van der Waals surface area contributed by atoms with Crippen LogP contribution >= 0.6 is 11.3 Å². The largest absolute Gasteiger partial charge is 0.491 e. The third-order valence-electron chi connectivity index (χ3n) is 4.37. The average Bonchev–Trinajstić information content (AvgIpc) is 3.16. The van der Waals surface area contributed by atoms with Crippen molar-refractivity contribution in [2.75, 3.05) is 26.4 Å². The van der Waals surface area contributed by atoms with E-state index in [0.29, 0.717) is 24.4 Å². The summed E-state index contributed by atoms with van der Waals surface area (Å²) in [6.45, 7) is 1.03. The molecular weight excluding hydrogens is 366 g/mol. The Morgan fingerprint density at radius 2 is 2.04 bits per heavy atom. The number of para-hydroxylation sites is 1. The first-order valence-electron chi connectivity index (χ1n) is 9.01. The lowest BCUT2D eigenvalue weighted by molar-refractivity contribution is -0.147. The summed E-state index contributed by atoms with van der Waals surface area (Å²) in [6, 6.07) is 13.4. The van der Waals surface area contributed by atoms with Gasteiger partial charge in [0.2, 0.25) is 5.91 Å². The number of esters is 1. The number of aliphatic hydroxyl groups excluding tert-OH is 1. The zero-order valence-corrected chi connectivity index (χ0v) is 15.8. The van der Waals surface area contributed by atoms with Gasteiger partial charge in [-0.15, -0.1) is 11.3 Å². The third-order valence-corrected chi connectivity index (χ3v) is 5.49. The molecule has 2 aromatic rings. The molecule has 3 rings (SSSR count). The number of ether oxygens (including phenoxy) is 2. The van der Waals surface area contributed by atoms with E-state index in [0.717, 1.165) is 23.5 Å². The van der Waals surface area contributed by atoms with Crippen LogP contribution in [-0.4, -0.2) is 54.3 Å². The molecule has 1 aliphatic rings. The molecule has 0 spiro atoms. The highest BCUT2D eigenvalue weighted by atomic mass is 32.1. The zero-order chi connectivity index (χ0) is 19.1. The number of aliphatic hydroxyl groups is 1. The Hall–Kier alpha value is -2.38. The monoisotopic (exact) mass is 389 g/mol. The molecule has 27 heavy (non-hydrogen) atoms. The Kier molecular flexibility index (Phi) is 6.84. The van der Waals surface area contributed by atoms with E-state index >= 15 is 0 Å². The van der Waals surface area contributed by atoms with Gasteiger partial charge in [-0.2, -0.15) is 0 Å². The molecule has 1 atom stereocenters. The van der Waals surface area contributed by atoms with Crippen LogP contribution in [0.4, 0.5) is 0 Å². The topological polar surface area (TPSA) is 76.1 Å². The number of aryl methyl sites for hydroxylation is 1. The maximum atomic E-state index is 11.9. The van der Waals surface area contributed by atoms with Crippen molar-refractivity contribution in [1.82, 2.24) is 4.90 Å². The quantitative estimate of drug-likeness (QED) is 0.499. The Morgan fingerprint density at radius 1 is 1.22 bits per heavy atom. The van der Waals surface area contributed by atoms with Crippen LogP contribution in [0.5, 0.6) is 5.75 Å². The summed E-state index contributed by atoms with van der Waals surface area (Å²) in [5.74, 6) is 0.573. The highest BCUT2D eigenvalue weighted by Crippen LogP contribution is 2.23. The number of amides is 1. The van der Waals surface area contributed by atoms with Crippen molar-refractivity contribution < 1.29 is 24.2 Å². The molecular formula is C20H23NO5S. The van der Waals surface area contributed by atoms with Crippen molar-refractivity contribution in [3.05, 3.63) is 52.2 Å². The molecule has 2 heterocycles. The minimum absolute atomic E-state index is 0.00950. The molecule has 0 saturated carbocycles. The smallest absolute Gasteiger partial charge is 0.348 e. The molecule has 1 aromatic heterocycles. The zero-order valence-electron chi connectivity index (χ0n) is 15.0. The van der Waals surface area contributed by atoms with E-state index in [1.165, 1.54) is 11.3 Å². The molecule has 0 unspecified atom stereocenters. The predicted molar refractivity (Wildman–Crippen MR) is 102 cm³/mol. The minimum atomic E-state index is -0.406. The van der Waals surface area contributed by atoms with Crippen molar-refractivity contribution in [3.63, 3.8) is 0 Å². The maximum Gasteiger partial charge on any atom is 0.348 e. The summed E-state index contributed by atoms with van der Waals surface area (Å²) in [5.41, 5.74) is 0. The summed E-state index contributed by atoms with van der Waals surface area (Å²) in [6.07, 6.45) is 2.17. The van der Waals surface area contributed by atoms with Crippen LogP contribution in [0.1, 0.15) is 27.4 Å². The third kappa shape index (κ3) is 5.30. The first-order valence-corrected chi connectivity index (χ1v) is 9.83. The van der Waals surface area contributed by atoms with E-state index in [1.54, 1.807) is 6.07 Å². The van der Waals surface area contributed by atoms with Gasteiger partial charge in [0.25, 0.3) is 0 Å². The second-order valence-electron chi connectivity index (χ2n) is 6.30. The fraction of sp³-hybridized carbons (Fsp3) is 0.400. The van der Waals surface area contributed by atoms with Crippen LogP contribution in [0, 0.1) is 0 Å². The fourth-order valence-corrected chi connectivity index (χ4v) is 3.88. The number of benzene rings is 1. The van der Waals surface area contributed by atoms with Gasteiger partial charge >= 0.3 is 5.97 Å². The number of β-lactam (4-membered cyclic amide) rings is 1. The van der Waals surface area contributed by atoms with Gasteiger partial charge in [-0.1, -0.05) is 18.2 Å². The van der Waals surface area contributed by atoms with Crippen LogP contribution in [0.3, 0.4) is 0 Å². The van der Waals surface area contributed by atoms with E-state index in [4.69, 9.17) is 14.6 Å². The highest BCUT2D eigenvalue weighted by Gasteiger charge is 2.35. The van der Waals surface area contributed by atoms with E-state index in [2.05, 4.69) is 0 Å². The Balaban J connectivity index is 1.41. The first kappa shape index (κ1) is 19.4. The minimum Gasteiger partial charge on any atom is -0.491 e. The number of rotatable bonds is 10.